The maximum absolute atomic E-state index is 12.6. The summed E-state index contributed by atoms with van der Waals surface area (Å²) in [7, 11) is 0. The van der Waals surface area contributed by atoms with Gasteiger partial charge in [-0.1, -0.05) is 54.6 Å². The number of benzene rings is 3. The van der Waals surface area contributed by atoms with Gasteiger partial charge in [-0.05, 0) is 54.3 Å². The van der Waals surface area contributed by atoms with E-state index in [0.717, 1.165) is 11.1 Å². The number of ether oxygens (including phenoxy) is 2. The smallest absolute Gasteiger partial charge is 0.317 e. The van der Waals surface area contributed by atoms with E-state index >= 15 is 0 Å². The quantitative estimate of drug-likeness (QED) is 0.337. The lowest BCUT2D eigenvalue weighted by Gasteiger charge is -2.16. The molecule has 1 fully saturated rings. The van der Waals surface area contributed by atoms with Gasteiger partial charge in [-0.15, -0.1) is 0 Å². The summed E-state index contributed by atoms with van der Waals surface area (Å²) in [6, 6.07) is 24.9. The third kappa shape index (κ3) is 4.02. The molecule has 0 spiro atoms. The van der Waals surface area contributed by atoms with Crippen molar-refractivity contribution in [3.05, 3.63) is 84.4 Å². The van der Waals surface area contributed by atoms with Crippen LogP contribution in [0, 0.1) is 5.92 Å². The van der Waals surface area contributed by atoms with Gasteiger partial charge in [0, 0.05) is 0 Å². The Morgan fingerprint density at radius 1 is 0.935 bits per heavy atom. The molecule has 0 saturated heterocycles. The molecule has 2 atom stereocenters. The molecule has 0 unspecified atom stereocenters. The van der Waals surface area contributed by atoms with E-state index in [9.17, 15) is 9.59 Å². The summed E-state index contributed by atoms with van der Waals surface area (Å²) < 4.78 is 11.1. The number of amides is 1. The van der Waals surface area contributed by atoms with Gasteiger partial charge in [-0.25, -0.2) is 5.48 Å². The minimum Gasteiger partial charge on any atom is -0.465 e. The molecule has 0 aromatic heterocycles. The first-order valence-electron chi connectivity index (χ1n) is 10.1. The fourth-order valence-electron chi connectivity index (χ4n) is 3.88. The van der Waals surface area contributed by atoms with Crippen LogP contribution in [0.1, 0.15) is 18.9 Å². The minimum absolute atomic E-state index is 0.216. The Bertz CT molecular complexity index is 1060. The maximum Gasteiger partial charge on any atom is 0.317 e. The van der Waals surface area contributed by atoms with Crippen molar-refractivity contribution in [2.75, 3.05) is 6.61 Å². The number of rotatable bonds is 7. The first-order valence-corrected chi connectivity index (χ1v) is 10.1. The summed E-state index contributed by atoms with van der Waals surface area (Å²) in [6.45, 7) is 1.93. The minimum atomic E-state index is -1.07. The van der Waals surface area contributed by atoms with E-state index in [4.69, 9.17) is 14.7 Å². The number of carbonyl (C=O) groups excluding carboxylic acids is 2. The molecule has 6 nitrogen and oxygen atoms in total. The highest BCUT2D eigenvalue weighted by molar-refractivity contribution is 5.97. The molecule has 3 aromatic carbocycles. The molecule has 158 valence electrons. The van der Waals surface area contributed by atoms with Crippen molar-refractivity contribution in [3.63, 3.8) is 0 Å². The van der Waals surface area contributed by atoms with Crippen molar-refractivity contribution in [3.8, 4) is 22.6 Å². The molecule has 31 heavy (non-hydrogen) atoms. The van der Waals surface area contributed by atoms with Gasteiger partial charge in [0.05, 0.1) is 12.5 Å². The molecule has 3 aromatic rings. The molecule has 1 aliphatic rings. The largest absolute Gasteiger partial charge is 0.465 e. The maximum atomic E-state index is 12.6. The molecule has 2 N–H and O–H groups in total. The van der Waals surface area contributed by atoms with Gasteiger partial charge in [0.25, 0.3) is 0 Å². The monoisotopic (exact) mass is 417 g/mol. The number of nitrogens with one attached hydrogen (secondary N) is 1. The first kappa shape index (κ1) is 20.6. The predicted molar refractivity (Wildman–Crippen MR) is 115 cm³/mol. The van der Waals surface area contributed by atoms with E-state index < -0.39 is 23.2 Å². The predicted octanol–water partition coefficient (Wildman–Crippen LogP) is 4.47. The number of hydrogen-bond donors (Lipinski definition) is 2. The highest BCUT2D eigenvalue weighted by Crippen LogP contribution is 2.55. The van der Waals surface area contributed by atoms with Gasteiger partial charge in [-0.2, -0.15) is 0 Å². The molecule has 1 saturated carbocycles. The third-order valence-corrected chi connectivity index (χ3v) is 5.59. The number of hydroxylamine groups is 1. The summed E-state index contributed by atoms with van der Waals surface area (Å²) in [4.78, 5) is 24.5. The second kappa shape index (κ2) is 8.62. The molecule has 0 bridgehead atoms. The van der Waals surface area contributed by atoms with Crippen molar-refractivity contribution in [1.29, 1.82) is 0 Å². The van der Waals surface area contributed by atoms with Crippen molar-refractivity contribution in [2.45, 2.75) is 18.8 Å². The normalized spacial score (nSPS) is 19.4. The van der Waals surface area contributed by atoms with Crippen molar-refractivity contribution in [1.82, 2.24) is 5.48 Å². The Hall–Kier alpha value is -3.64. The summed E-state index contributed by atoms with van der Waals surface area (Å²) in [5.74, 6) is -0.412. The van der Waals surface area contributed by atoms with Crippen LogP contribution in [0.25, 0.3) is 11.1 Å². The van der Waals surface area contributed by atoms with E-state index in [1.54, 1.807) is 36.7 Å². The van der Waals surface area contributed by atoms with Gasteiger partial charge in [0.2, 0.25) is 5.91 Å². The molecule has 1 amide bonds. The van der Waals surface area contributed by atoms with Gasteiger partial charge < -0.3 is 9.47 Å². The van der Waals surface area contributed by atoms with Gasteiger partial charge in [-0.3, -0.25) is 14.8 Å². The van der Waals surface area contributed by atoms with Crippen molar-refractivity contribution in [2.24, 2.45) is 5.92 Å². The number of hydrogen-bond acceptors (Lipinski definition) is 5. The van der Waals surface area contributed by atoms with Crippen LogP contribution in [0.4, 0.5) is 0 Å². The van der Waals surface area contributed by atoms with Crippen LogP contribution in [0.3, 0.4) is 0 Å². The van der Waals surface area contributed by atoms with E-state index in [-0.39, 0.29) is 6.61 Å². The number of esters is 1. The lowest BCUT2D eigenvalue weighted by Crippen LogP contribution is -2.32. The van der Waals surface area contributed by atoms with Crippen LogP contribution in [-0.2, 0) is 19.7 Å². The van der Waals surface area contributed by atoms with Gasteiger partial charge >= 0.3 is 5.97 Å². The Morgan fingerprint density at radius 2 is 1.52 bits per heavy atom. The van der Waals surface area contributed by atoms with E-state index in [1.165, 1.54) is 0 Å². The van der Waals surface area contributed by atoms with Crippen molar-refractivity contribution < 1.29 is 24.3 Å². The SMILES string of the molecule is CCOC(=O)[C@@]1(c2ccc(Oc3ccc(-c4ccccc4)cc3)cc2)C[C@@H]1C(=O)NO. The van der Waals surface area contributed by atoms with Crippen LogP contribution in [0.2, 0.25) is 0 Å². The molecular formula is C25H23NO5. The standard InChI is InChI=1S/C25H23NO5/c1-2-30-24(28)25(16-22(25)23(27)26-29)19-10-14-21(15-11-19)31-20-12-8-18(9-13-20)17-6-4-3-5-7-17/h3-15,22,29H,2,16H2,1H3,(H,26,27)/t22-,25-/m1/s1. The topological polar surface area (TPSA) is 84.9 Å². The highest BCUT2D eigenvalue weighted by atomic mass is 16.5. The fraction of sp³-hybridized carbons (Fsp3) is 0.200. The lowest BCUT2D eigenvalue weighted by atomic mass is 9.93. The van der Waals surface area contributed by atoms with Gasteiger partial charge in [0.1, 0.15) is 16.9 Å². The summed E-state index contributed by atoms with van der Waals surface area (Å²) in [6.07, 6.45) is 0.291. The average molecular weight is 417 g/mol. The molecule has 4 rings (SSSR count). The Kier molecular flexibility index (Phi) is 5.73. The second-order valence-electron chi connectivity index (χ2n) is 7.44. The third-order valence-electron chi connectivity index (χ3n) is 5.59. The van der Waals surface area contributed by atoms with E-state index in [1.807, 2.05) is 42.5 Å². The molecule has 6 heteroatoms. The van der Waals surface area contributed by atoms with Crippen LogP contribution < -0.4 is 10.2 Å². The zero-order chi connectivity index (χ0) is 21.8. The van der Waals surface area contributed by atoms with Crippen LogP contribution >= 0.6 is 0 Å². The molecular weight excluding hydrogens is 394 g/mol. The van der Waals surface area contributed by atoms with Gasteiger partial charge in [0.15, 0.2) is 0 Å². The number of carbonyl (C=O) groups is 2. The summed E-state index contributed by atoms with van der Waals surface area (Å²) in [5.41, 5.74) is 3.46. The Labute approximate surface area is 180 Å². The summed E-state index contributed by atoms with van der Waals surface area (Å²) in [5, 5.41) is 8.96. The molecule has 1 aliphatic carbocycles. The molecule has 0 heterocycles. The zero-order valence-electron chi connectivity index (χ0n) is 17.1. The molecule has 0 radical (unpaired) electrons. The first-order chi connectivity index (χ1) is 15.1. The summed E-state index contributed by atoms with van der Waals surface area (Å²) >= 11 is 0. The van der Waals surface area contributed by atoms with Crippen LogP contribution in [0.15, 0.2) is 78.9 Å². The van der Waals surface area contributed by atoms with Crippen LogP contribution in [0.5, 0.6) is 11.5 Å². The Balaban J connectivity index is 1.50. The fourth-order valence-corrected chi connectivity index (χ4v) is 3.88. The highest BCUT2D eigenvalue weighted by Gasteiger charge is 2.65. The zero-order valence-corrected chi connectivity index (χ0v) is 17.1. The molecule has 0 aliphatic heterocycles. The average Bonchev–Trinajstić information content (AvgIpc) is 3.57. The van der Waals surface area contributed by atoms with Crippen molar-refractivity contribution >= 4 is 11.9 Å². The van der Waals surface area contributed by atoms with Crippen LogP contribution in [-0.4, -0.2) is 23.7 Å². The van der Waals surface area contributed by atoms with E-state index in [0.29, 0.717) is 23.5 Å². The van der Waals surface area contributed by atoms with E-state index in [2.05, 4.69) is 12.1 Å². The second-order valence-corrected chi connectivity index (χ2v) is 7.44. The lowest BCUT2D eigenvalue weighted by molar-refractivity contribution is -0.148. The Morgan fingerprint density at radius 3 is 2.10 bits per heavy atom.